The molecule has 3 aliphatic rings. The Morgan fingerprint density at radius 2 is 1.57 bits per heavy atom. The number of hydrogen-bond acceptors (Lipinski definition) is 5. The van der Waals surface area contributed by atoms with Crippen molar-refractivity contribution in [2.24, 2.45) is 11.8 Å². The molecule has 9 heteroatoms. The van der Waals surface area contributed by atoms with Crippen molar-refractivity contribution in [3.63, 3.8) is 0 Å². The van der Waals surface area contributed by atoms with Crippen LogP contribution in [-0.2, 0) is 32.2 Å². The van der Waals surface area contributed by atoms with Crippen LogP contribution in [0.2, 0.25) is 0 Å². The van der Waals surface area contributed by atoms with E-state index in [1.54, 1.807) is 4.90 Å². The van der Waals surface area contributed by atoms with Crippen LogP contribution in [-0.4, -0.2) is 63.5 Å². The lowest BCUT2D eigenvalue weighted by Crippen LogP contribution is -2.56. The summed E-state index contributed by atoms with van der Waals surface area (Å²) in [5.41, 5.74) is 0.839. The first-order chi connectivity index (χ1) is 18.0. The van der Waals surface area contributed by atoms with Gasteiger partial charge in [-0.1, -0.05) is 76.6 Å². The van der Waals surface area contributed by atoms with E-state index in [0.717, 1.165) is 11.1 Å². The fourth-order valence-electron chi connectivity index (χ4n) is 6.15. The van der Waals surface area contributed by atoms with Crippen molar-refractivity contribution in [1.29, 1.82) is 0 Å². The lowest BCUT2D eigenvalue weighted by atomic mass is 9.70. The van der Waals surface area contributed by atoms with Gasteiger partial charge in [-0.2, -0.15) is 0 Å². The van der Waals surface area contributed by atoms with Crippen LogP contribution in [0.1, 0.15) is 30.4 Å². The van der Waals surface area contributed by atoms with Gasteiger partial charge < -0.3 is 25.4 Å². The van der Waals surface area contributed by atoms with Gasteiger partial charge in [0.05, 0.1) is 17.9 Å². The standard InChI is InChI=1S/C28H32BrN3O5/c29-20-15-28-22(21(23(20)37-28)25(34)30-16-18-9-3-1-4-10-18)27(36)32(13-7-8-14-33)24(28)26(35)31-17-19-11-5-2-6-12-19/h1-6,9-12,20-24,33H,7-8,13-17H2,(H,30,34)(H,31,35)/t20?,21-,22-,23-,24?,28?/m0/s1. The van der Waals surface area contributed by atoms with Crippen LogP contribution in [0, 0.1) is 11.8 Å². The predicted octanol–water partition coefficient (Wildman–Crippen LogP) is 2.14. The van der Waals surface area contributed by atoms with E-state index < -0.39 is 29.6 Å². The van der Waals surface area contributed by atoms with E-state index in [2.05, 4.69) is 26.6 Å². The number of aliphatic hydroxyl groups excluding tert-OH is 1. The Hall–Kier alpha value is -2.75. The van der Waals surface area contributed by atoms with Gasteiger partial charge in [0.25, 0.3) is 0 Å². The van der Waals surface area contributed by atoms with Crippen molar-refractivity contribution >= 4 is 33.7 Å². The Balaban J connectivity index is 1.40. The van der Waals surface area contributed by atoms with Crippen molar-refractivity contribution in [2.75, 3.05) is 13.2 Å². The molecular formula is C28H32BrN3O5. The number of amides is 3. The minimum Gasteiger partial charge on any atom is -0.396 e. The average Bonchev–Trinajstić information content (AvgIpc) is 3.51. The molecular weight excluding hydrogens is 538 g/mol. The quantitative estimate of drug-likeness (QED) is 0.300. The molecule has 3 unspecified atom stereocenters. The second-order valence-corrected chi connectivity index (χ2v) is 11.2. The van der Waals surface area contributed by atoms with Crippen molar-refractivity contribution in [1.82, 2.24) is 15.5 Å². The van der Waals surface area contributed by atoms with Crippen LogP contribution in [0.25, 0.3) is 0 Å². The number of alkyl halides is 1. The number of rotatable bonds is 10. The predicted molar refractivity (Wildman–Crippen MR) is 140 cm³/mol. The molecule has 5 rings (SSSR count). The van der Waals surface area contributed by atoms with E-state index in [-0.39, 0.29) is 29.2 Å². The van der Waals surface area contributed by atoms with Gasteiger partial charge in [-0.3, -0.25) is 14.4 Å². The summed E-state index contributed by atoms with van der Waals surface area (Å²) < 4.78 is 6.49. The second-order valence-electron chi connectivity index (χ2n) is 10.0. The monoisotopic (exact) mass is 569 g/mol. The molecule has 37 heavy (non-hydrogen) atoms. The van der Waals surface area contributed by atoms with Gasteiger partial charge in [0, 0.05) is 31.1 Å². The minimum absolute atomic E-state index is 0.00797. The first-order valence-electron chi connectivity index (χ1n) is 12.8. The summed E-state index contributed by atoms with van der Waals surface area (Å²) in [6.07, 6.45) is 1.05. The van der Waals surface area contributed by atoms with Crippen molar-refractivity contribution < 1.29 is 24.2 Å². The molecule has 3 N–H and O–H groups in total. The normalized spacial score (nSPS) is 29.8. The molecule has 3 saturated heterocycles. The van der Waals surface area contributed by atoms with Crippen LogP contribution in [0.4, 0.5) is 0 Å². The maximum Gasteiger partial charge on any atom is 0.246 e. The first-order valence-corrected chi connectivity index (χ1v) is 13.7. The van der Waals surface area contributed by atoms with E-state index in [9.17, 15) is 19.5 Å². The summed E-state index contributed by atoms with van der Waals surface area (Å²) in [5, 5.41) is 15.3. The molecule has 0 radical (unpaired) electrons. The van der Waals surface area contributed by atoms with Crippen LogP contribution in [0.3, 0.4) is 0 Å². The molecule has 0 aromatic heterocycles. The third-order valence-corrected chi connectivity index (χ3v) is 8.61. The van der Waals surface area contributed by atoms with Crippen LogP contribution >= 0.6 is 15.9 Å². The third kappa shape index (κ3) is 4.80. The average molecular weight is 570 g/mol. The van der Waals surface area contributed by atoms with Crippen molar-refractivity contribution in [3.8, 4) is 0 Å². The second kappa shape index (κ2) is 10.9. The molecule has 3 amide bonds. The van der Waals surface area contributed by atoms with E-state index in [4.69, 9.17) is 4.74 Å². The smallest absolute Gasteiger partial charge is 0.246 e. The number of ether oxygens (including phenoxy) is 1. The topological polar surface area (TPSA) is 108 Å². The summed E-state index contributed by atoms with van der Waals surface area (Å²) in [7, 11) is 0. The summed E-state index contributed by atoms with van der Waals surface area (Å²) in [6.45, 7) is 1.01. The number of hydrogen-bond donors (Lipinski definition) is 3. The first kappa shape index (κ1) is 25.9. The summed E-state index contributed by atoms with van der Waals surface area (Å²) in [5.74, 6) is -2.17. The van der Waals surface area contributed by atoms with Crippen LogP contribution < -0.4 is 10.6 Å². The van der Waals surface area contributed by atoms with Crippen molar-refractivity contribution in [3.05, 3.63) is 71.8 Å². The SMILES string of the molecule is O=C(NCc1ccccc1)C1N(CCCCO)C(=O)[C@@H]2[C@H](C(=O)NCc3ccccc3)[C@H]3OC12CC3Br. The molecule has 3 heterocycles. The Kier molecular flexibility index (Phi) is 7.65. The Morgan fingerprint density at radius 1 is 0.973 bits per heavy atom. The van der Waals surface area contributed by atoms with Gasteiger partial charge in [0.15, 0.2) is 0 Å². The van der Waals surface area contributed by atoms with Gasteiger partial charge in [0.2, 0.25) is 17.7 Å². The Morgan fingerprint density at radius 3 is 2.16 bits per heavy atom. The lowest BCUT2D eigenvalue weighted by Gasteiger charge is -2.34. The number of unbranched alkanes of at least 4 members (excludes halogenated alkanes) is 1. The highest BCUT2D eigenvalue weighted by Gasteiger charge is 2.76. The molecule has 8 nitrogen and oxygen atoms in total. The van der Waals surface area contributed by atoms with E-state index >= 15 is 0 Å². The molecule has 1 spiro atoms. The number of fused-ring (bicyclic) bond motifs is 1. The van der Waals surface area contributed by atoms with Gasteiger partial charge in [-0.25, -0.2) is 0 Å². The zero-order chi connectivity index (χ0) is 26.0. The Labute approximate surface area is 224 Å². The van der Waals surface area contributed by atoms with E-state index in [1.807, 2.05) is 60.7 Å². The number of carbonyl (C=O) groups excluding carboxylic acids is 3. The third-order valence-electron chi connectivity index (χ3n) is 7.77. The molecule has 3 fully saturated rings. The fourth-order valence-corrected chi connectivity index (χ4v) is 7.09. The number of nitrogens with one attached hydrogen (secondary N) is 2. The van der Waals surface area contributed by atoms with Crippen molar-refractivity contribution in [2.45, 2.75) is 54.9 Å². The fraction of sp³-hybridized carbons (Fsp3) is 0.464. The number of likely N-dealkylation sites (tertiary alicyclic amines) is 1. The molecule has 2 aromatic rings. The highest BCUT2D eigenvalue weighted by molar-refractivity contribution is 9.09. The van der Waals surface area contributed by atoms with Gasteiger partial charge in [-0.15, -0.1) is 0 Å². The zero-order valence-corrected chi connectivity index (χ0v) is 22.1. The number of halogens is 1. The maximum absolute atomic E-state index is 13.9. The largest absolute Gasteiger partial charge is 0.396 e. The van der Waals surface area contributed by atoms with Gasteiger partial charge in [-0.05, 0) is 30.4 Å². The summed E-state index contributed by atoms with van der Waals surface area (Å²) in [4.78, 5) is 42.4. The van der Waals surface area contributed by atoms with E-state index in [1.165, 1.54) is 0 Å². The highest BCUT2D eigenvalue weighted by Crippen LogP contribution is 2.60. The zero-order valence-electron chi connectivity index (χ0n) is 20.5. The van der Waals surface area contributed by atoms with Gasteiger partial charge in [0.1, 0.15) is 11.6 Å². The number of carbonyl (C=O) groups is 3. The highest BCUT2D eigenvalue weighted by atomic mass is 79.9. The van der Waals surface area contributed by atoms with E-state index in [0.29, 0.717) is 38.9 Å². The molecule has 6 atom stereocenters. The minimum atomic E-state index is -1.08. The number of aliphatic hydroxyl groups is 1. The molecule has 0 aliphatic carbocycles. The van der Waals surface area contributed by atoms with Crippen LogP contribution in [0.15, 0.2) is 60.7 Å². The molecule has 196 valence electrons. The summed E-state index contributed by atoms with van der Waals surface area (Å²) >= 11 is 3.69. The van der Waals surface area contributed by atoms with Gasteiger partial charge >= 0.3 is 0 Å². The molecule has 0 saturated carbocycles. The van der Waals surface area contributed by atoms with Crippen LogP contribution in [0.5, 0.6) is 0 Å². The number of benzene rings is 2. The molecule has 3 aliphatic heterocycles. The maximum atomic E-state index is 13.9. The molecule has 2 aromatic carbocycles. The lowest BCUT2D eigenvalue weighted by molar-refractivity contribution is -0.142. The summed E-state index contributed by atoms with van der Waals surface area (Å²) in [6, 6.07) is 18.4. The molecule has 2 bridgehead atoms. The Bertz CT molecular complexity index is 1130. The number of nitrogens with zero attached hydrogens (tertiary/aromatic N) is 1.